The number of aromatic nitrogens is 1. The summed E-state index contributed by atoms with van der Waals surface area (Å²) in [6.07, 6.45) is 2.05. The van der Waals surface area contributed by atoms with Gasteiger partial charge in [-0.2, -0.15) is 0 Å². The van der Waals surface area contributed by atoms with E-state index in [1.165, 1.54) is 17.4 Å². The van der Waals surface area contributed by atoms with Crippen molar-refractivity contribution in [1.29, 1.82) is 0 Å². The Morgan fingerprint density at radius 3 is 2.88 bits per heavy atom. The largest absolute Gasteiger partial charge is 0.395 e. The van der Waals surface area contributed by atoms with E-state index in [1.54, 1.807) is 17.8 Å². The smallest absolute Gasteiger partial charge is 0.127 e. The summed E-state index contributed by atoms with van der Waals surface area (Å²) in [5.41, 5.74) is 8.63. The van der Waals surface area contributed by atoms with Crippen LogP contribution >= 0.6 is 11.3 Å². The van der Waals surface area contributed by atoms with Crippen LogP contribution in [0, 0.1) is 5.82 Å². The highest BCUT2D eigenvalue weighted by molar-refractivity contribution is 7.13. The van der Waals surface area contributed by atoms with E-state index >= 15 is 0 Å². The van der Waals surface area contributed by atoms with E-state index in [4.69, 9.17) is 10.8 Å². The molecule has 0 aliphatic rings. The van der Waals surface area contributed by atoms with Crippen LogP contribution in [0.3, 0.4) is 0 Å². The summed E-state index contributed by atoms with van der Waals surface area (Å²) in [4.78, 5) is 4.89. The number of nitrogens with two attached hydrogens (primary N) is 1. The fourth-order valence-electron chi connectivity index (χ4n) is 1.57. The summed E-state index contributed by atoms with van der Waals surface area (Å²) in [5.74, 6) is -0.292. The highest BCUT2D eigenvalue weighted by atomic mass is 32.1. The highest BCUT2D eigenvalue weighted by Crippen LogP contribution is 2.25. The zero-order chi connectivity index (χ0) is 12.3. The third kappa shape index (κ3) is 2.88. The van der Waals surface area contributed by atoms with Crippen molar-refractivity contribution < 1.29 is 9.50 Å². The topological polar surface area (TPSA) is 59.1 Å². The first-order valence-electron chi connectivity index (χ1n) is 5.24. The van der Waals surface area contributed by atoms with Crippen molar-refractivity contribution in [2.45, 2.75) is 12.5 Å². The molecule has 90 valence electrons. The Hall–Kier alpha value is -1.30. The molecule has 0 saturated heterocycles. The molecule has 0 saturated carbocycles. The maximum Gasteiger partial charge on any atom is 0.127 e. The number of nitrogens with zero attached hydrogens (tertiary/aromatic N) is 1. The van der Waals surface area contributed by atoms with Crippen LogP contribution in [0.4, 0.5) is 4.39 Å². The van der Waals surface area contributed by atoms with Gasteiger partial charge >= 0.3 is 0 Å². The third-order valence-electron chi connectivity index (χ3n) is 2.49. The molecular formula is C12H13FN2OS. The number of benzene rings is 1. The summed E-state index contributed by atoms with van der Waals surface area (Å²) < 4.78 is 13.8. The fraction of sp³-hybridized carbons (Fsp3) is 0.250. The molecule has 0 aliphatic carbocycles. The minimum Gasteiger partial charge on any atom is -0.395 e. The molecule has 0 radical (unpaired) electrons. The molecular weight excluding hydrogens is 239 g/mol. The van der Waals surface area contributed by atoms with Crippen LogP contribution in [-0.4, -0.2) is 22.7 Å². The first kappa shape index (κ1) is 12.2. The van der Waals surface area contributed by atoms with Crippen LogP contribution in [0.5, 0.6) is 0 Å². The van der Waals surface area contributed by atoms with Crippen LogP contribution in [0.1, 0.15) is 5.56 Å². The average Bonchev–Trinajstić information content (AvgIpc) is 2.85. The van der Waals surface area contributed by atoms with E-state index < -0.39 is 6.04 Å². The Balaban J connectivity index is 2.23. The molecule has 0 aliphatic heterocycles. The van der Waals surface area contributed by atoms with E-state index in [0.29, 0.717) is 12.0 Å². The molecule has 3 N–H and O–H groups in total. The average molecular weight is 252 g/mol. The minimum atomic E-state index is -0.418. The number of thiazole rings is 1. The van der Waals surface area contributed by atoms with Gasteiger partial charge in [0.25, 0.3) is 0 Å². The zero-order valence-electron chi connectivity index (χ0n) is 9.14. The van der Waals surface area contributed by atoms with E-state index in [2.05, 4.69) is 4.98 Å². The lowest BCUT2D eigenvalue weighted by Crippen LogP contribution is -2.27. The Morgan fingerprint density at radius 2 is 2.29 bits per heavy atom. The zero-order valence-corrected chi connectivity index (χ0v) is 9.95. The lowest BCUT2D eigenvalue weighted by molar-refractivity contribution is 0.264. The summed E-state index contributed by atoms with van der Waals surface area (Å²) in [7, 11) is 0. The van der Waals surface area contributed by atoms with Crippen LogP contribution in [-0.2, 0) is 6.42 Å². The van der Waals surface area contributed by atoms with Crippen molar-refractivity contribution in [3.8, 4) is 10.4 Å². The summed E-state index contributed by atoms with van der Waals surface area (Å²) in [6.45, 7) is -0.143. The minimum absolute atomic E-state index is 0.143. The Bertz CT molecular complexity index is 487. The number of hydrogen-bond donors (Lipinski definition) is 2. The van der Waals surface area contributed by atoms with Crippen molar-refractivity contribution in [2.75, 3.05) is 6.61 Å². The van der Waals surface area contributed by atoms with Crippen LogP contribution in [0.15, 0.2) is 29.9 Å². The van der Waals surface area contributed by atoms with E-state index in [0.717, 1.165) is 10.4 Å². The normalized spacial score (nSPS) is 12.6. The van der Waals surface area contributed by atoms with Gasteiger partial charge in [0, 0.05) is 12.2 Å². The molecule has 1 unspecified atom stereocenters. The molecule has 5 heteroatoms. The molecule has 2 rings (SSSR count). The monoisotopic (exact) mass is 252 g/mol. The molecule has 1 atom stereocenters. The van der Waals surface area contributed by atoms with E-state index in [9.17, 15) is 4.39 Å². The van der Waals surface area contributed by atoms with Gasteiger partial charge in [0.1, 0.15) is 5.82 Å². The molecule has 0 bridgehead atoms. The van der Waals surface area contributed by atoms with Crippen molar-refractivity contribution in [3.63, 3.8) is 0 Å². The summed E-state index contributed by atoms with van der Waals surface area (Å²) in [5, 5.41) is 8.84. The molecule has 0 amide bonds. The van der Waals surface area contributed by atoms with Crippen LogP contribution in [0.25, 0.3) is 10.4 Å². The number of hydrogen-bond acceptors (Lipinski definition) is 4. The quantitative estimate of drug-likeness (QED) is 0.872. The molecule has 0 spiro atoms. The van der Waals surface area contributed by atoms with Crippen molar-refractivity contribution in [2.24, 2.45) is 5.73 Å². The third-order valence-corrected chi connectivity index (χ3v) is 3.31. The van der Waals surface area contributed by atoms with Gasteiger partial charge in [0.15, 0.2) is 0 Å². The SMILES string of the molecule is NC(CO)Cc1ccc(-c2cncs2)cc1F. The van der Waals surface area contributed by atoms with Gasteiger partial charge < -0.3 is 10.8 Å². The predicted molar refractivity (Wildman–Crippen MR) is 66.3 cm³/mol. The van der Waals surface area contributed by atoms with Crippen molar-refractivity contribution >= 4 is 11.3 Å². The fourth-order valence-corrected chi connectivity index (χ4v) is 2.19. The van der Waals surface area contributed by atoms with Gasteiger partial charge in [-0.15, -0.1) is 11.3 Å². The van der Waals surface area contributed by atoms with Crippen molar-refractivity contribution in [3.05, 3.63) is 41.3 Å². The molecule has 1 aromatic carbocycles. The predicted octanol–water partition coefficient (Wildman–Crippen LogP) is 1.81. The maximum atomic E-state index is 13.8. The summed E-state index contributed by atoms with van der Waals surface area (Å²) >= 11 is 1.47. The van der Waals surface area contributed by atoms with Crippen LogP contribution < -0.4 is 5.73 Å². The molecule has 3 nitrogen and oxygen atoms in total. The Labute approximate surface area is 103 Å². The first-order valence-corrected chi connectivity index (χ1v) is 6.12. The maximum absolute atomic E-state index is 13.8. The molecule has 17 heavy (non-hydrogen) atoms. The molecule has 2 aromatic rings. The van der Waals surface area contributed by atoms with E-state index in [-0.39, 0.29) is 12.4 Å². The molecule has 1 heterocycles. The lowest BCUT2D eigenvalue weighted by Gasteiger charge is -2.09. The Kier molecular flexibility index (Phi) is 3.83. The first-order chi connectivity index (χ1) is 8.20. The van der Waals surface area contributed by atoms with Gasteiger partial charge in [0.05, 0.1) is 17.0 Å². The van der Waals surface area contributed by atoms with Gasteiger partial charge in [-0.25, -0.2) is 4.39 Å². The number of halogens is 1. The number of rotatable bonds is 4. The van der Waals surface area contributed by atoms with Gasteiger partial charge in [-0.3, -0.25) is 4.98 Å². The van der Waals surface area contributed by atoms with E-state index in [1.807, 2.05) is 6.07 Å². The van der Waals surface area contributed by atoms with Crippen molar-refractivity contribution in [1.82, 2.24) is 4.98 Å². The van der Waals surface area contributed by atoms with Crippen LogP contribution in [0.2, 0.25) is 0 Å². The van der Waals surface area contributed by atoms with Gasteiger partial charge in [-0.05, 0) is 23.6 Å². The summed E-state index contributed by atoms with van der Waals surface area (Å²) in [6, 6.07) is 4.61. The molecule has 0 fully saturated rings. The second kappa shape index (κ2) is 5.35. The second-order valence-corrected chi connectivity index (χ2v) is 4.70. The van der Waals surface area contributed by atoms with Gasteiger partial charge in [-0.1, -0.05) is 12.1 Å². The number of aliphatic hydroxyl groups excluding tert-OH is 1. The second-order valence-electron chi connectivity index (χ2n) is 3.82. The molecule has 1 aromatic heterocycles. The Morgan fingerprint density at radius 1 is 1.47 bits per heavy atom. The lowest BCUT2D eigenvalue weighted by atomic mass is 10.0. The standard InChI is InChI=1S/C12H13FN2OS/c13-11-4-9(12-5-15-7-17-12)2-1-8(11)3-10(14)6-16/h1-2,4-5,7,10,16H,3,6,14H2. The number of aliphatic hydroxyl groups is 1. The highest BCUT2D eigenvalue weighted by Gasteiger charge is 2.09. The van der Waals surface area contributed by atoms with Gasteiger partial charge in [0.2, 0.25) is 0 Å².